The van der Waals surface area contributed by atoms with Crippen LogP contribution in [0.2, 0.25) is 0 Å². The van der Waals surface area contributed by atoms with E-state index in [-0.39, 0.29) is 0 Å². The van der Waals surface area contributed by atoms with E-state index in [1.54, 1.807) is 0 Å². The lowest BCUT2D eigenvalue weighted by Crippen LogP contribution is -2.49. The maximum atomic E-state index is 3.88. The van der Waals surface area contributed by atoms with Gasteiger partial charge in [-0.2, -0.15) is 0 Å². The highest BCUT2D eigenvalue weighted by Gasteiger charge is 2.38. The van der Waals surface area contributed by atoms with Crippen molar-refractivity contribution in [2.45, 2.75) is 56.7 Å². The lowest BCUT2D eigenvalue weighted by Gasteiger charge is -2.38. The fourth-order valence-electron chi connectivity index (χ4n) is 4.35. The first kappa shape index (κ1) is 12.9. The van der Waals surface area contributed by atoms with Crippen LogP contribution in [0, 0.1) is 5.92 Å². The number of rotatable bonds is 3. The SMILES string of the molecule is CN1CCCC(CNC2CC3CCC(C2)N3C)C1. The summed E-state index contributed by atoms with van der Waals surface area (Å²) >= 11 is 0. The Morgan fingerprint density at radius 1 is 1.06 bits per heavy atom. The molecule has 0 radical (unpaired) electrons. The van der Waals surface area contributed by atoms with Gasteiger partial charge in [0.2, 0.25) is 0 Å². The Kier molecular flexibility index (Phi) is 3.92. The van der Waals surface area contributed by atoms with E-state index in [2.05, 4.69) is 29.2 Å². The molecule has 3 unspecified atom stereocenters. The molecule has 3 nitrogen and oxygen atoms in total. The number of hydrogen-bond donors (Lipinski definition) is 1. The topological polar surface area (TPSA) is 18.5 Å². The summed E-state index contributed by atoms with van der Waals surface area (Å²) in [6.45, 7) is 3.85. The van der Waals surface area contributed by atoms with Gasteiger partial charge in [0.1, 0.15) is 0 Å². The van der Waals surface area contributed by atoms with Crippen LogP contribution in [0.15, 0.2) is 0 Å². The van der Waals surface area contributed by atoms with Crippen molar-refractivity contribution in [3.8, 4) is 0 Å². The van der Waals surface area contributed by atoms with Crippen molar-refractivity contribution >= 4 is 0 Å². The van der Waals surface area contributed by atoms with E-state index in [0.29, 0.717) is 0 Å². The molecule has 0 aromatic heterocycles. The molecule has 3 rings (SSSR count). The highest BCUT2D eigenvalue weighted by molar-refractivity contribution is 4.96. The first-order chi connectivity index (χ1) is 8.72. The maximum Gasteiger partial charge on any atom is 0.0111 e. The minimum absolute atomic E-state index is 0.797. The Hall–Kier alpha value is -0.120. The summed E-state index contributed by atoms with van der Waals surface area (Å²) in [6.07, 6.45) is 8.46. The third-order valence-corrected chi connectivity index (χ3v) is 5.52. The van der Waals surface area contributed by atoms with Gasteiger partial charge in [-0.1, -0.05) is 0 Å². The van der Waals surface area contributed by atoms with Gasteiger partial charge >= 0.3 is 0 Å². The Labute approximate surface area is 112 Å². The number of hydrogen-bond acceptors (Lipinski definition) is 3. The Bertz CT molecular complexity index is 267. The van der Waals surface area contributed by atoms with E-state index in [1.807, 2.05) is 0 Å². The second kappa shape index (κ2) is 5.48. The number of likely N-dealkylation sites (tertiary alicyclic amines) is 1. The number of nitrogens with one attached hydrogen (secondary N) is 1. The second-order valence-corrected chi connectivity index (χ2v) is 6.90. The van der Waals surface area contributed by atoms with Crippen molar-refractivity contribution in [2.75, 3.05) is 33.7 Å². The van der Waals surface area contributed by atoms with Gasteiger partial charge in [0.15, 0.2) is 0 Å². The molecule has 0 aliphatic carbocycles. The lowest BCUT2D eigenvalue weighted by atomic mass is 9.95. The van der Waals surface area contributed by atoms with Crippen LogP contribution in [0.1, 0.15) is 38.5 Å². The van der Waals surface area contributed by atoms with E-state index in [0.717, 1.165) is 24.0 Å². The van der Waals surface area contributed by atoms with E-state index < -0.39 is 0 Å². The van der Waals surface area contributed by atoms with Gasteiger partial charge in [0.05, 0.1) is 0 Å². The molecule has 3 heterocycles. The summed E-state index contributed by atoms with van der Waals surface area (Å²) in [5, 5.41) is 3.88. The van der Waals surface area contributed by atoms with E-state index >= 15 is 0 Å². The zero-order chi connectivity index (χ0) is 12.5. The first-order valence-electron chi connectivity index (χ1n) is 7.86. The molecular weight excluding hydrogens is 222 g/mol. The molecule has 0 saturated carbocycles. The largest absolute Gasteiger partial charge is 0.314 e. The van der Waals surface area contributed by atoms with E-state index in [9.17, 15) is 0 Å². The molecule has 3 aliphatic rings. The Morgan fingerprint density at radius 3 is 2.44 bits per heavy atom. The molecule has 3 aliphatic heterocycles. The van der Waals surface area contributed by atoms with Gasteiger partial charge in [-0.25, -0.2) is 0 Å². The van der Waals surface area contributed by atoms with Crippen LogP contribution in [0.3, 0.4) is 0 Å². The van der Waals surface area contributed by atoms with Crippen LogP contribution in [0.5, 0.6) is 0 Å². The minimum atomic E-state index is 0.797. The molecule has 3 saturated heterocycles. The maximum absolute atomic E-state index is 3.88. The van der Waals surface area contributed by atoms with Gasteiger partial charge in [0, 0.05) is 24.7 Å². The van der Waals surface area contributed by atoms with Gasteiger partial charge in [-0.3, -0.25) is 0 Å². The normalized spacial score (nSPS) is 42.3. The summed E-state index contributed by atoms with van der Waals surface area (Å²) in [5.41, 5.74) is 0. The number of fused-ring (bicyclic) bond motifs is 2. The summed E-state index contributed by atoms with van der Waals surface area (Å²) in [5.74, 6) is 0.890. The number of nitrogens with zero attached hydrogens (tertiary/aromatic N) is 2. The van der Waals surface area contributed by atoms with Gasteiger partial charge in [0.25, 0.3) is 0 Å². The third-order valence-electron chi connectivity index (χ3n) is 5.52. The summed E-state index contributed by atoms with van der Waals surface area (Å²) < 4.78 is 0. The van der Waals surface area contributed by atoms with Crippen LogP contribution in [-0.2, 0) is 0 Å². The van der Waals surface area contributed by atoms with Crippen LogP contribution >= 0.6 is 0 Å². The van der Waals surface area contributed by atoms with Gasteiger partial charge in [-0.05, 0) is 71.6 Å². The predicted octanol–water partition coefficient (Wildman–Crippen LogP) is 1.54. The summed E-state index contributed by atoms with van der Waals surface area (Å²) in [7, 11) is 4.59. The lowest BCUT2D eigenvalue weighted by molar-refractivity contribution is 0.139. The third kappa shape index (κ3) is 2.73. The zero-order valence-corrected chi connectivity index (χ0v) is 12.1. The van der Waals surface area contributed by atoms with Crippen LogP contribution in [0.25, 0.3) is 0 Å². The molecule has 3 atom stereocenters. The minimum Gasteiger partial charge on any atom is -0.314 e. The van der Waals surface area contributed by atoms with E-state index in [1.165, 1.54) is 58.2 Å². The standard InChI is InChI=1S/C15H29N3/c1-17-7-3-4-12(11-17)10-16-13-8-14-5-6-15(9-13)18(14)2/h12-16H,3-11H2,1-2H3. The molecule has 18 heavy (non-hydrogen) atoms. The quantitative estimate of drug-likeness (QED) is 0.821. The van der Waals surface area contributed by atoms with Crippen molar-refractivity contribution in [3.63, 3.8) is 0 Å². The highest BCUT2D eigenvalue weighted by atomic mass is 15.2. The predicted molar refractivity (Wildman–Crippen MR) is 75.8 cm³/mol. The summed E-state index contributed by atoms with van der Waals surface area (Å²) in [4.78, 5) is 5.13. The molecule has 104 valence electrons. The fourth-order valence-corrected chi connectivity index (χ4v) is 4.35. The zero-order valence-electron chi connectivity index (χ0n) is 12.1. The molecular formula is C15H29N3. The Morgan fingerprint density at radius 2 is 1.78 bits per heavy atom. The van der Waals surface area contributed by atoms with Crippen LogP contribution in [0.4, 0.5) is 0 Å². The molecule has 0 aromatic rings. The van der Waals surface area contributed by atoms with Crippen molar-refractivity contribution in [1.29, 1.82) is 0 Å². The highest BCUT2D eigenvalue weighted by Crippen LogP contribution is 2.34. The van der Waals surface area contributed by atoms with Gasteiger partial charge < -0.3 is 15.1 Å². The van der Waals surface area contributed by atoms with Crippen molar-refractivity contribution in [2.24, 2.45) is 5.92 Å². The average Bonchev–Trinajstić information content (AvgIpc) is 2.60. The first-order valence-corrected chi connectivity index (χ1v) is 7.86. The molecule has 1 N–H and O–H groups in total. The van der Waals surface area contributed by atoms with Crippen molar-refractivity contribution in [1.82, 2.24) is 15.1 Å². The van der Waals surface area contributed by atoms with Crippen molar-refractivity contribution in [3.05, 3.63) is 0 Å². The molecule has 0 spiro atoms. The van der Waals surface area contributed by atoms with Crippen LogP contribution < -0.4 is 5.32 Å². The summed E-state index contributed by atoms with van der Waals surface area (Å²) in [6, 6.07) is 2.54. The molecule has 3 heteroatoms. The average molecular weight is 251 g/mol. The smallest absolute Gasteiger partial charge is 0.0111 e. The fraction of sp³-hybridized carbons (Fsp3) is 1.00. The van der Waals surface area contributed by atoms with Gasteiger partial charge in [-0.15, -0.1) is 0 Å². The molecule has 2 bridgehead atoms. The number of piperidine rings is 2. The molecule has 0 aromatic carbocycles. The Balaban J connectivity index is 1.44. The van der Waals surface area contributed by atoms with E-state index in [4.69, 9.17) is 0 Å². The monoisotopic (exact) mass is 251 g/mol. The molecule has 0 amide bonds. The molecule has 3 fully saturated rings. The van der Waals surface area contributed by atoms with Crippen molar-refractivity contribution < 1.29 is 0 Å². The van der Waals surface area contributed by atoms with Crippen LogP contribution in [-0.4, -0.2) is 61.7 Å². The second-order valence-electron chi connectivity index (χ2n) is 6.90.